The summed E-state index contributed by atoms with van der Waals surface area (Å²) in [5.41, 5.74) is 6.43. The maximum atomic E-state index is 13.2. The number of anilines is 1. The van der Waals surface area contributed by atoms with E-state index < -0.39 is 0 Å². The number of hydrogen-bond acceptors (Lipinski definition) is 4. The Hall–Kier alpha value is -3.48. The number of carbonyl (C=O) groups excluding carboxylic acids is 1. The normalized spacial score (nSPS) is 11.2. The molecule has 0 radical (unpaired) electrons. The van der Waals surface area contributed by atoms with Crippen molar-refractivity contribution >= 4 is 22.6 Å². The molecule has 3 heterocycles. The summed E-state index contributed by atoms with van der Waals surface area (Å²) in [5.74, 6) is -0.179. The molecule has 7 heteroatoms. The molecule has 0 aliphatic carbocycles. The van der Waals surface area contributed by atoms with E-state index in [2.05, 4.69) is 32.6 Å². The van der Waals surface area contributed by atoms with Gasteiger partial charge < -0.3 is 5.32 Å². The van der Waals surface area contributed by atoms with E-state index >= 15 is 0 Å². The molecule has 0 spiro atoms. The Bertz CT molecular complexity index is 1220. The molecule has 29 heavy (non-hydrogen) atoms. The van der Waals surface area contributed by atoms with Crippen LogP contribution in [0.3, 0.4) is 0 Å². The fraction of sp³-hybridized carbons (Fsp3) is 0.273. The predicted octanol–water partition coefficient (Wildman–Crippen LogP) is 3.70. The minimum Gasteiger partial charge on any atom is -0.319 e. The van der Waals surface area contributed by atoms with Gasteiger partial charge in [0.25, 0.3) is 5.91 Å². The second-order valence-corrected chi connectivity index (χ2v) is 7.36. The van der Waals surface area contributed by atoms with Crippen LogP contribution in [-0.2, 0) is 13.6 Å². The van der Waals surface area contributed by atoms with E-state index in [9.17, 15) is 4.79 Å². The van der Waals surface area contributed by atoms with Crippen LogP contribution in [0.25, 0.3) is 11.0 Å². The molecule has 0 bridgehead atoms. The zero-order chi connectivity index (χ0) is 20.7. The molecule has 3 aromatic heterocycles. The molecule has 0 saturated carbocycles. The number of rotatable bonds is 4. The van der Waals surface area contributed by atoms with Gasteiger partial charge in [-0.1, -0.05) is 30.3 Å². The van der Waals surface area contributed by atoms with Gasteiger partial charge in [-0.05, 0) is 39.3 Å². The van der Waals surface area contributed by atoms with E-state index in [0.29, 0.717) is 12.1 Å². The first-order chi connectivity index (χ1) is 13.8. The lowest BCUT2D eigenvalue weighted by Crippen LogP contribution is -2.14. The summed E-state index contributed by atoms with van der Waals surface area (Å²) in [5, 5.41) is 12.9. The smallest absolute Gasteiger partial charge is 0.256 e. The van der Waals surface area contributed by atoms with Crippen molar-refractivity contribution in [2.45, 2.75) is 34.2 Å². The van der Waals surface area contributed by atoms with Gasteiger partial charge in [0.15, 0.2) is 5.65 Å². The third kappa shape index (κ3) is 3.40. The van der Waals surface area contributed by atoms with Gasteiger partial charge in [-0.2, -0.15) is 10.2 Å². The van der Waals surface area contributed by atoms with Crippen LogP contribution >= 0.6 is 0 Å². The zero-order valence-corrected chi connectivity index (χ0v) is 17.3. The number of fused-ring (bicyclic) bond motifs is 1. The maximum absolute atomic E-state index is 13.2. The second-order valence-electron chi connectivity index (χ2n) is 7.36. The molecule has 0 unspecified atom stereocenters. The van der Waals surface area contributed by atoms with Gasteiger partial charge >= 0.3 is 0 Å². The average Bonchev–Trinajstić information content (AvgIpc) is 3.12. The van der Waals surface area contributed by atoms with Crippen LogP contribution in [0.5, 0.6) is 0 Å². The summed E-state index contributed by atoms with van der Waals surface area (Å²) in [6, 6.07) is 11.9. The first-order valence-corrected chi connectivity index (χ1v) is 9.55. The van der Waals surface area contributed by atoms with Gasteiger partial charge in [-0.25, -0.2) is 9.67 Å². The third-order valence-electron chi connectivity index (χ3n) is 5.17. The molecule has 0 atom stereocenters. The quantitative estimate of drug-likeness (QED) is 0.578. The lowest BCUT2D eigenvalue weighted by molar-refractivity contribution is 0.102. The summed E-state index contributed by atoms with van der Waals surface area (Å²) in [7, 11) is 1.87. The fourth-order valence-electron chi connectivity index (χ4n) is 3.66. The molecule has 0 fully saturated rings. The Morgan fingerprint density at radius 1 is 1.03 bits per heavy atom. The van der Waals surface area contributed by atoms with E-state index in [0.717, 1.165) is 45.1 Å². The highest BCUT2D eigenvalue weighted by molar-refractivity contribution is 6.13. The number of nitrogens with one attached hydrogen (secondary N) is 1. The highest BCUT2D eigenvalue weighted by atomic mass is 16.1. The lowest BCUT2D eigenvalue weighted by Gasteiger charge is -2.09. The molecule has 1 aromatic carbocycles. The fourth-order valence-corrected chi connectivity index (χ4v) is 3.66. The van der Waals surface area contributed by atoms with Crippen molar-refractivity contribution in [3.63, 3.8) is 0 Å². The van der Waals surface area contributed by atoms with E-state index in [1.165, 1.54) is 0 Å². The number of amides is 1. The first-order valence-electron chi connectivity index (χ1n) is 9.55. The summed E-state index contributed by atoms with van der Waals surface area (Å²) in [6.45, 7) is 8.24. The van der Waals surface area contributed by atoms with Crippen molar-refractivity contribution in [2.24, 2.45) is 7.05 Å². The Kier molecular flexibility index (Phi) is 4.66. The number of carbonyl (C=O) groups is 1. The average molecular weight is 388 g/mol. The molecule has 4 rings (SSSR count). The van der Waals surface area contributed by atoms with Crippen LogP contribution in [0.15, 0.2) is 36.4 Å². The molecular weight excluding hydrogens is 364 g/mol. The van der Waals surface area contributed by atoms with Gasteiger partial charge in [0, 0.05) is 12.7 Å². The maximum Gasteiger partial charge on any atom is 0.256 e. The topological polar surface area (TPSA) is 77.6 Å². The van der Waals surface area contributed by atoms with Crippen LogP contribution in [0.4, 0.5) is 5.69 Å². The largest absolute Gasteiger partial charge is 0.319 e. The summed E-state index contributed by atoms with van der Waals surface area (Å²) in [4.78, 5) is 17.9. The van der Waals surface area contributed by atoms with Crippen molar-refractivity contribution < 1.29 is 4.79 Å². The molecular formula is C22H24N6O. The Labute approximate surface area is 169 Å². The lowest BCUT2D eigenvalue weighted by atomic mass is 10.1. The number of nitrogens with zero attached hydrogens (tertiary/aromatic N) is 5. The number of benzene rings is 1. The van der Waals surface area contributed by atoms with Gasteiger partial charge in [0.05, 0.1) is 40.3 Å². The molecule has 148 valence electrons. The molecule has 4 aromatic rings. The zero-order valence-electron chi connectivity index (χ0n) is 17.3. The van der Waals surface area contributed by atoms with E-state index in [4.69, 9.17) is 0 Å². The monoisotopic (exact) mass is 388 g/mol. The summed E-state index contributed by atoms with van der Waals surface area (Å²) in [6.07, 6.45) is 0. The Balaban J connectivity index is 1.78. The van der Waals surface area contributed by atoms with Crippen molar-refractivity contribution in [3.8, 4) is 0 Å². The van der Waals surface area contributed by atoms with Crippen molar-refractivity contribution in [1.29, 1.82) is 0 Å². The third-order valence-corrected chi connectivity index (χ3v) is 5.17. The minimum absolute atomic E-state index is 0.179. The van der Waals surface area contributed by atoms with Crippen molar-refractivity contribution in [2.75, 3.05) is 5.32 Å². The minimum atomic E-state index is -0.179. The van der Waals surface area contributed by atoms with Gasteiger partial charge in [-0.15, -0.1) is 0 Å². The molecule has 0 aliphatic heterocycles. The summed E-state index contributed by atoms with van der Waals surface area (Å²) < 4.78 is 3.63. The van der Waals surface area contributed by atoms with Gasteiger partial charge in [0.1, 0.15) is 0 Å². The van der Waals surface area contributed by atoms with E-state index in [1.54, 1.807) is 4.68 Å². The second kappa shape index (κ2) is 7.16. The Morgan fingerprint density at radius 2 is 1.76 bits per heavy atom. The molecule has 0 saturated heterocycles. The Morgan fingerprint density at radius 3 is 2.41 bits per heavy atom. The van der Waals surface area contributed by atoms with E-state index in [-0.39, 0.29) is 5.91 Å². The number of aryl methyl sites for hydroxylation is 4. The molecule has 1 N–H and O–H groups in total. The number of pyridine rings is 1. The van der Waals surface area contributed by atoms with Crippen LogP contribution in [0.2, 0.25) is 0 Å². The van der Waals surface area contributed by atoms with Crippen LogP contribution < -0.4 is 5.32 Å². The standard InChI is InChI=1S/C22H24N6O/c1-13-11-18(22(29)24-20-15(3)25-27(5)16(20)4)19-14(2)26-28(21(19)23-13)12-17-9-7-6-8-10-17/h6-11H,12H2,1-5H3,(H,24,29). The SMILES string of the molecule is Cc1cc(C(=O)Nc2c(C)nn(C)c2C)c2c(C)nn(Cc3ccccc3)c2n1. The van der Waals surface area contributed by atoms with Crippen LogP contribution in [0.1, 0.15) is 38.7 Å². The van der Waals surface area contributed by atoms with E-state index in [1.807, 2.05) is 63.7 Å². The number of aromatic nitrogens is 5. The number of hydrogen-bond donors (Lipinski definition) is 1. The molecule has 1 amide bonds. The van der Waals surface area contributed by atoms with Crippen molar-refractivity contribution in [1.82, 2.24) is 24.5 Å². The van der Waals surface area contributed by atoms with Crippen molar-refractivity contribution in [3.05, 3.63) is 70.3 Å². The van der Waals surface area contributed by atoms with Crippen LogP contribution in [-0.4, -0.2) is 30.5 Å². The van der Waals surface area contributed by atoms with Gasteiger partial charge in [-0.3, -0.25) is 9.48 Å². The first kappa shape index (κ1) is 18.9. The predicted molar refractivity (Wildman–Crippen MR) is 113 cm³/mol. The highest BCUT2D eigenvalue weighted by Crippen LogP contribution is 2.25. The summed E-state index contributed by atoms with van der Waals surface area (Å²) >= 11 is 0. The van der Waals surface area contributed by atoms with Crippen LogP contribution in [0, 0.1) is 27.7 Å². The highest BCUT2D eigenvalue weighted by Gasteiger charge is 2.21. The van der Waals surface area contributed by atoms with Gasteiger partial charge in [0.2, 0.25) is 0 Å². The molecule has 0 aliphatic rings. The molecule has 7 nitrogen and oxygen atoms in total.